The SMILES string of the molecule is CN=C(NCCc1nccn1Cc1ccccc1)N(C)Cc1ccccc1.I. The van der Waals surface area contributed by atoms with E-state index in [1.54, 1.807) is 0 Å². The second-order valence-corrected chi connectivity index (χ2v) is 6.52. The Bertz CT molecular complexity index is 846. The van der Waals surface area contributed by atoms with Crippen molar-refractivity contribution in [1.29, 1.82) is 0 Å². The molecule has 0 atom stereocenters. The summed E-state index contributed by atoms with van der Waals surface area (Å²) in [5.74, 6) is 1.97. The van der Waals surface area contributed by atoms with E-state index in [1.807, 2.05) is 31.6 Å². The Morgan fingerprint density at radius 1 is 1.04 bits per heavy atom. The van der Waals surface area contributed by atoms with Crippen LogP contribution in [0.5, 0.6) is 0 Å². The molecular formula is C22H28IN5. The number of nitrogens with one attached hydrogen (secondary N) is 1. The Morgan fingerprint density at radius 3 is 2.32 bits per heavy atom. The molecule has 0 radical (unpaired) electrons. The zero-order valence-corrected chi connectivity index (χ0v) is 18.8. The second kappa shape index (κ2) is 11.5. The van der Waals surface area contributed by atoms with E-state index in [9.17, 15) is 0 Å². The molecule has 3 rings (SSSR count). The lowest BCUT2D eigenvalue weighted by molar-refractivity contribution is 0.476. The van der Waals surface area contributed by atoms with Gasteiger partial charge in [0.25, 0.3) is 0 Å². The average Bonchev–Trinajstić information content (AvgIpc) is 3.13. The highest BCUT2D eigenvalue weighted by Crippen LogP contribution is 2.06. The number of nitrogens with zero attached hydrogens (tertiary/aromatic N) is 4. The van der Waals surface area contributed by atoms with Gasteiger partial charge in [-0.15, -0.1) is 24.0 Å². The van der Waals surface area contributed by atoms with Crippen molar-refractivity contribution in [3.05, 3.63) is 90.0 Å². The van der Waals surface area contributed by atoms with Crippen molar-refractivity contribution in [1.82, 2.24) is 19.8 Å². The summed E-state index contributed by atoms with van der Waals surface area (Å²) in [6.07, 6.45) is 4.76. The first-order chi connectivity index (χ1) is 13.3. The standard InChI is InChI=1S/C22H27N5.HI/c1-23-22(26(2)17-19-9-5-3-6-10-19)25-14-13-21-24-15-16-27(21)18-20-11-7-4-8-12-20;/h3-12,15-16H,13-14,17-18H2,1-2H3,(H,23,25);1H. The monoisotopic (exact) mass is 489 g/mol. The summed E-state index contributed by atoms with van der Waals surface area (Å²) < 4.78 is 2.20. The van der Waals surface area contributed by atoms with Crippen LogP contribution in [0.2, 0.25) is 0 Å². The molecule has 0 unspecified atom stereocenters. The maximum Gasteiger partial charge on any atom is 0.193 e. The van der Waals surface area contributed by atoms with Crippen LogP contribution >= 0.6 is 24.0 Å². The van der Waals surface area contributed by atoms with Gasteiger partial charge in [0, 0.05) is 52.5 Å². The summed E-state index contributed by atoms with van der Waals surface area (Å²) >= 11 is 0. The zero-order chi connectivity index (χ0) is 18.9. The third-order valence-electron chi connectivity index (χ3n) is 4.47. The number of aromatic nitrogens is 2. The molecule has 0 aliphatic carbocycles. The molecule has 5 nitrogen and oxygen atoms in total. The minimum atomic E-state index is 0. The number of guanidine groups is 1. The molecule has 6 heteroatoms. The minimum absolute atomic E-state index is 0. The first kappa shape index (κ1) is 21.9. The van der Waals surface area contributed by atoms with Gasteiger partial charge in [-0.2, -0.15) is 0 Å². The van der Waals surface area contributed by atoms with Gasteiger partial charge in [-0.05, 0) is 11.1 Å². The fourth-order valence-electron chi connectivity index (χ4n) is 3.10. The van der Waals surface area contributed by atoms with Gasteiger partial charge >= 0.3 is 0 Å². The molecule has 1 aromatic heterocycles. The number of imidazole rings is 1. The van der Waals surface area contributed by atoms with Crippen LogP contribution in [0, 0.1) is 0 Å². The average molecular weight is 489 g/mol. The summed E-state index contributed by atoms with van der Waals surface area (Å²) in [5.41, 5.74) is 2.55. The minimum Gasteiger partial charge on any atom is -0.356 e. The smallest absolute Gasteiger partial charge is 0.193 e. The normalized spacial score (nSPS) is 11.0. The predicted octanol–water partition coefficient (Wildman–Crippen LogP) is 3.80. The van der Waals surface area contributed by atoms with Gasteiger partial charge in [0.15, 0.2) is 5.96 Å². The number of benzene rings is 2. The maximum absolute atomic E-state index is 4.52. The zero-order valence-electron chi connectivity index (χ0n) is 16.5. The van der Waals surface area contributed by atoms with Crippen LogP contribution in [-0.4, -0.2) is 41.1 Å². The molecule has 0 aliphatic heterocycles. The topological polar surface area (TPSA) is 45.5 Å². The summed E-state index contributed by atoms with van der Waals surface area (Å²) in [6.45, 7) is 2.46. The van der Waals surface area contributed by atoms with Gasteiger partial charge in [-0.25, -0.2) is 4.98 Å². The Balaban J connectivity index is 0.00000280. The molecule has 0 amide bonds. The summed E-state index contributed by atoms with van der Waals surface area (Å²) in [5, 5.41) is 3.44. The molecule has 28 heavy (non-hydrogen) atoms. The first-order valence-electron chi connectivity index (χ1n) is 9.26. The second-order valence-electron chi connectivity index (χ2n) is 6.52. The van der Waals surface area contributed by atoms with Crippen molar-refractivity contribution in [2.75, 3.05) is 20.6 Å². The van der Waals surface area contributed by atoms with Crippen molar-refractivity contribution >= 4 is 29.9 Å². The van der Waals surface area contributed by atoms with E-state index in [2.05, 4.69) is 80.3 Å². The molecule has 148 valence electrons. The highest BCUT2D eigenvalue weighted by atomic mass is 127. The highest BCUT2D eigenvalue weighted by molar-refractivity contribution is 14.0. The number of aliphatic imine (C=N–C) groups is 1. The van der Waals surface area contributed by atoms with Gasteiger partial charge < -0.3 is 14.8 Å². The molecule has 2 aromatic carbocycles. The molecule has 0 bridgehead atoms. The van der Waals surface area contributed by atoms with Gasteiger partial charge in [0.1, 0.15) is 5.82 Å². The van der Waals surface area contributed by atoms with Gasteiger partial charge in [0.05, 0.1) is 0 Å². The quantitative estimate of drug-likeness (QED) is 0.312. The Hall–Kier alpha value is -2.35. The van der Waals surface area contributed by atoms with Crippen molar-refractivity contribution in [2.45, 2.75) is 19.5 Å². The molecule has 0 spiro atoms. The van der Waals surface area contributed by atoms with Gasteiger partial charge in [-0.3, -0.25) is 4.99 Å². The van der Waals surface area contributed by atoms with Crippen LogP contribution in [-0.2, 0) is 19.5 Å². The molecule has 0 aliphatic rings. The van der Waals surface area contributed by atoms with E-state index in [0.29, 0.717) is 0 Å². The number of hydrogen-bond donors (Lipinski definition) is 1. The summed E-state index contributed by atoms with van der Waals surface area (Å²) in [6, 6.07) is 20.9. The number of halogens is 1. The fraction of sp³-hybridized carbons (Fsp3) is 0.273. The fourth-order valence-corrected chi connectivity index (χ4v) is 3.10. The molecule has 3 aromatic rings. The lowest BCUT2D eigenvalue weighted by Crippen LogP contribution is -2.39. The van der Waals surface area contributed by atoms with Crippen LogP contribution in [0.25, 0.3) is 0 Å². The van der Waals surface area contributed by atoms with Crippen LogP contribution in [0.1, 0.15) is 17.0 Å². The van der Waals surface area contributed by atoms with Gasteiger partial charge in [0.2, 0.25) is 0 Å². The van der Waals surface area contributed by atoms with Gasteiger partial charge in [-0.1, -0.05) is 60.7 Å². The third-order valence-corrected chi connectivity index (χ3v) is 4.47. The van der Waals surface area contributed by atoms with E-state index in [4.69, 9.17) is 0 Å². The number of rotatable bonds is 7. The van der Waals surface area contributed by atoms with Crippen molar-refractivity contribution in [3.8, 4) is 0 Å². The molecule has 1 heterocycles. The Morgan fingerprint density at radius 2 is 1.68 bits per heavy atom. The van der Waals surface area contributed by atoms with E-state index in [0.717, 1.165) is 37.8 Å². The molecule has 0 saturated heterocycles. The van der Waals surface area contributed by atoms with Crippen LogP contribution in [0.3, 0.4) is 0 Å². The lowest BCUT2D eigenvalue weighted by Gasteiger charge is -2.22. The first-order valence-corrected chi connectivity index (χ1v) is 9.26. The van der Waals surface area contributed by atoms with Crippen molar-refractivity contribution in [3.63, 3.8) is 0 Å². The van der Waals surface area contributed by atoms with E-state index >= 15 is 0 Å². The van der Waals surface area contributed by atoms with Crippen molar-refractivity contribution in [2.24, 2.45) is 4.99 Å². The summed E-state index contributed by atoms with van der Waals surface area (Å²) in [7, 11) is 3.87. The predicted molar refractivity (Wildman–Crippen MR) is 126 cm³/mol. The maximum atomic E-state index is 4.52. The Labute approximate surface area is 184 Å². The molecule has 0 fully saturated rings. The molecule has 1 N–H and O–H groups in total. The van der Waals surface area contributed by atoms with Crippen molar-refractivity contribution < 1.29 is 0 Å². The third kappa shape index (κ3) is 6.37. The van der Waals surface area contributed by atoms with Crippen LogP contribution in [0.4, 0.5) is 0 Å². The summed E-state index contributed by atoms with van der Waals surface area (Å²) in [4.78, 5) is 11.0. The largest absolute Gasteiger partial charge is 0.356 e. The van der Waals surface area contributed by atoms with E-state index in [1.165, 1.54) is 11.1 Å². The molecular weight excluding hydrogens is 461 g/mol. The highest BCUT2D eigenvalue weighted by Gasteiger charge is 2.08. The number of hydrogen-bond acceptors (Lipinski definition) is 2. The Kier molecular flexibility index (Phi) is 9.00. The molecule has 0 saturated carbocycles. The lowest BCUT2D eigenvalue weighted by atomic mass is 10.2. The van der Waals surface area contributed by atoms with Crippen LogP contribution < -0.4 is 5.32 Å². The van der Waals surface area contributed by atoms with Crippen LogP contribution in [0.15, 0.2) is 78.0 Å². The van der Waals surface area contributed by atoms with E-state index < -0.39 is 0 Å². The van der Waals surface area contributed by atoms with E-state index in [-0.39, 0.29) is 24.0 Å².